The zero-order chi connectivity index (χ0) is 20.2. The van der Waals surface area contributed by atoms with E-state index >= 15 is 0 Å². The molecule has 2 aromatic rings. The number of likely N-dealkylation sites (tertiary alicyclic amines) is 1. The van der Waals surface area contributed by atoms with Gasteiger partial charge in [-0.1, -0.05) is 19.1 Å². The second-order valence-electron chi connectivity index (χ2n) is 7.81. The van der Waals surface area contributed by atoms with Crippen molar-refractivity contribution in [1.82, 2.24) is 4.90 Å². The number of methoxy groups -OCH3 is 1. The summed E-state index contributed by atoms with van der Waals surface area (Å²) in [5.74, 6) is 2.21. The first-order chi connectivity index (χ1) is 14.1. The molecule has 1 saturated heterocycles. The van der Waals surface area contributed by atoms with Gasteiger partial charge < -0.3 is 19.5 Å². The first-order valence-electron chi connectivity index (χ1n) is 10.2. The smallest absolute Gasteiger partial charge is 0.255 e. The van der Waals surface area contributed by atoms with Crippen LogP contribution in [0.15, 0.2) is 36.4 Å². The molecule has 1 fully saturated rings. The highest BCUT2D eigenvalue weighted by atomic mass is 16.6. The Balaban J connectivity index is 1.41. The van der Waals surface area contributed by atoms with Gasteiger partial charge in [0, 0.05) is 17.8 Å². The number of rotatable bonds is 5. The van der Waals surface area contributed by atoms with Gasteiger partial charge in [0.2, 0.25) is 5.75 Å². The molecule has 0 radical (unpaired) electrons. The average molecular weight is 396 g/mol. The number of carbonyl (C=O) groups is 1. The molecule has 6 nitrogen and oxygen atoms in total. The third-order valence-electron chi connectivity index (χ3n) is 5.58. The first-order valence-corrected chi connectivity index (χ1v) is 10.2. The number of benzene rings is 2. The van der Waals surface area contributed by atoms with Crippen molar-refractivity contribution in [2.45, 2.75) is 26.3 Å². The van der Waals surface area contributed by atoms with Crippen LogP contribution in [0.5, 0.6) is 17.2 Å². The van der Waals surface area contributed by atoms with Crippen molar-refractivity contribution in [2.75, 3.05) is 38.7 Å². The molecule has 2 aliphatic heterocycles. The zero-order valence-electron chi connectivity index (χ0n) is 17.1. The van der Waals surface area contributed by atoms with Crippen LogP contribution in [-0.4, -0.2) is 44.2 Å². The molecule has 0 unspecified atom stereocenters. The SMILES string of the molecule is COc1cc(C(=O)Nc2ccc(CN3CCC(C)CC3)cc2)cc2c1OCCO2. The number of carbonyl (C=O) groups excluding carboxylic acids is 1. The van der Waals surface area contributed by atoms with Crippen molar-refractivity contribution in [3.05, 3.63) is 47.5 Å². The molecule has 0 atom stereocenters. The zero-order valence-corrected chi connectivity index (χ0v) is 17.1. The van der Waals surface area contributed by atoms with Crippen LogP contribution in [0, 0.1) is 5.92 Å². The maximum atomic E-state index is 12.7. The molecule has 0 bridgehead atoms. The van der Waals surface area contributed by atoms with E-state index in [1.165, 1.54) is 18.4 Å². The van der Waals surface area contributed by atoms with E-state index in [0.717, 1.165) is 31.2 Å². The molecule has 0 aromatic heterocycles. The Morgan fingerprint density at radius 2 is 1.86 bits per heavy atom. The number of anilines is 1. The standard InChI is InChI=1S/C23H28N2O4/c1-16-7-9-25(10-8-16)15-17-3-5-19(6-4-17)24-23(26)18-13-20(27-2)22-21(14-18)28-11-12-29-22/h3-6,13-14,16H,7-12,15H2,1-2H3,(H,24,26). The third kappa shape index (κ3) is 4.65. The van der Waals surface area contributed by atoms with Gasteiger partial charge in [-0.15, -0.1) is 0 Å². The van der Waals surface area contributed by atoms with Crippen LogP contribution in [0.3, 0.4) is 0 Å². The predicted octanol–water partition coefficient (Wildman–Crippen LogP) is 3.95. The van der Waals surface area contributed by atoms with Crippen LogP contribution in [0.4, 0.5) is 5.69 Å². The quantitative estimate of drug-likeness (QED) is 0.829. The summed E-state index contributed by atoms with van der Waals surface area (Å²) in [5.41, 5.74) is 2.50. The fourth-order valence-corrected chi connectivity index (χ4v) is 3.78. The maximum Gasteiger partial charge on any atom is 0.255 e. The molecule has 29 heavy (non-hydrogen) atoms. The topological polar surface area (TPSA) is 60.0 Å². The Morgan fingerprint density at radius 1 is 1.14 bits per heavy atom. The van der Waals surface area contributed by atoms with Crippen molar-refractivity contribution in [2.24, 2.45) is 5.92 Å². The normalized spacial score (nSPS) is 17.0. The lowest BCUT2D eigenvalue weighted by atomic mass is 9.99. The fraction of sp³-hybridized carbons (Fsp3) is 0.435. The molecule has 2 heterocycles. The number of nitrogens with zero attached hydrogens (tertiary/aromatic N) is 1. The number of nitrogens with one attached hydrogen (secondary N) is 1. The molecule has 2 aliphatic rings. The summed E-state index contributed by atoms with van der Waals surface area (Å²) in [6.45, 7) is 6.53. The summed E-state index contributed by atoms with van der Waals surface area (Å²) in [6, 6.07) is 11.4. The van der Waals surface area contributed by atoms with Gasteiger partial charge in [-0.25, -0.2) is 0 Å². The second kappa shape index (κ2) is 8.74. The van der Waals surface area contributed by atoms with E-state index in [2.05, 4.69) is 29.3 Å². The molecule has 2 aromatic carbocycles. The van der Waals surface area contributed by atoms with E-state index in [-0.39, 0.29) is 5.91 Å². The lowest BCUT2D eigenvalue weighted by Gasteiger charge is -2.30. The molecular weight excluding hydrogens is 368 g/mol. The monoisotopic (exact) mass is 396 g/mol. The van der Waals surface area contributed by atoms with E-state index < -0.39 is 0 Å². The Morgan fingerprint density at radius 3 is 2.59 bits per heavy atom. The van der Waals surface area contributed by atoms with Crippen LogP contribution in [0.1, 0.15) is 35.7 Å². The predicted molar refractivity (Wildman–Crippen MR) is 112 cm³/mol. The third-order valence-corrected chi connectivity index (χ3v) is 5.58. The van der Waals surface area contributed by atoms with Gasteiger partial charge in [0.1, 0.15) is 13.2 Å². The van der Waals surface area contributed by atoms with Crippen molar-refractivity contribution < 1.29 is 19.0 Å². The summed E-state index contributed by atoms with van der Waals surface area (Å²) in [5, 5.41) is 2.95. The van der Waals surface area contributed by atoms with E-state index in [4.69, 9.17) is 14.2 Å². The van der Waals surface area contributed by atoms with Crippen LogP contribution in [-0.2, 0) is 6.54 Å². The highest BCUT2D eigenvalue weighted by Crippen LogP contribution is 2.40. The van der Waals surface area contributed by atoms with Gasteiger partial charge >= 0.3 is 0 Å². The van der Waals surface area contributed by atoms with E-state index in [9.17, 15) is 4.79 Å². The van der Waals surface area contributed by atoms with E-state index in [1.807, 2.05) is 12.1 Å². The Hall–Kier alpha value is -2.73. The Kier molecular flexibility index (Phi) is 5.90. The fourth-order valence-electron chi connectivity index (χ4n) is 3.78. The highest BCUT2D eigenvalue weighted by Gasteiger charge is 2.21. The molecule has 1 N–H and O–H groups in total. The minimum absolute atomic E-state index is 0.210. The van der Waals surface area contributed by atoms with Gasteiger partial charge in [-0.2, -0.15) is 0 Å². The van der Waals surface area contributed by atoms with Crippen molar-refractivity contribution in [3.63, 3.8) is 0 Å². The molecule has 0 spiro atoms. The summed E-state index contributed by atoms with van der Waals surface area (Å²) in [6.07, 6.45) is 2.54. The van der Waals surface area contributed by atoms with E-state index in [0.29, 0.717) is 36.0 Å². The molecule has 4 rings (SSSR count). The van der Waals surface area contributed by atoms with Crippen LogP contribution in [0.2, 0.25) is 0 Å². The minimum Gasteiger partial charge on any atom is -0.493 e. The first kappa shape index (κ1) is 19.6. The molecule has 6 heteroatoms. The summed E-state index contributed by atoms with van der Waals surface area (Å²) in [7, 11) is 1.55. The second-order valence-corrected chi connectivity index (χ2v) is 7.81. The van der Waals surface area contributed by atoms with Crippen molar-refractivity contribution in [3.8, 4) is 17.2 Å². The summed E-state index contributed by atoms with van der Waals surface area (Å²) in [4.78, 5) is 15.2. The number of hydrogen-bond acceptors (Lipinski definition) is 5. The number of amides is 1. The molecule has 1 amide bonds. The Bertz CT molecular complexity index is 841. The number of piperidine rings is 1. The average Bonchev–Trinajstić information content (AvgIpc) is 2.76. The van der Waals surface area contributed by atoms with Gasteiger partial charge in [0.15, 0.2) is 11.5 Å². The number of fused-ring (bicyclic) bond motifs is 1. The van der Waals surface area contributed by atoms with Gasteiger partial charge in [-0.05, 0) is 61.7 Å². The van der Waals surface area contributed by atoms with Gasteiger partial charge in [0.25, 0.3) is 5.91 Å². The van der Waals surface area contributed by atoms with Gasteiger partial charge in [0.05, 0.1) is 7.11 Å². The lowest BCUT2D eigenvalue weighted by molar-refractivity contribution is 0.102. The summed E-state index contributed by atoms with van der Waals surface area (Å²) >= 11 is 0. The van der Waals surface area contributed by atoms with Crippen LogP contribution < -0.4 is 19.5 Å². The molecule has 154 valence electrons. The lowest BCUT2D eigenvalue weighted by Crippen LogP contribution is -2.32. The number of ether oxygens (including phenoxy) is 3. The van der Waals surface area contributed by atoms with Crippen LogP contribution >= 0.6 is 0 Å². The summed E-state index contributed by atoms with van der Waals surface area (Å²) < 4.78 is 16.6. The maximum absolute atomic E-state index is 12.7. The largest absolute Gasteiger partial charge is 0.493 e. The Labute approximate surface area is 171 Å². The molecule has 0 saturated carbocycles. The number of hydrogen-bond donors (Lipinski definition) is 1. The van der Waals surface area contributed by atoms with E-state index in [1.54, 1.807) is 19.2 Å². The molecular formula is C23H28N2O4. The highest BCUT2D eigenvalue weighted by molar-refractivity contribution is 6.05. The molecule has 0 aliphatic carbocycles. The van der Waals surface area contributed by atoms with Crippen molar-refractivity contribution >= 4 is 11.6 Å². The van der Waals surface area contributed by atoms with Gasteiger partial charge in [-0.3, -0.25) is 9.69 Å². The van der Waals surface area contributed by atoms with Crippen molar-refractivity contribution in [1.29, 1.82) is 0 Å². The van der Waals surface area contributed by atoms with Crippen LogP contribution in [0.25, 0.3) is 0 Å². The minimum atomic E-state index is -0.210.